The quantitative estimate of drug-likeness (QED) is 0.801. The zero-order valence-electron chi connectivity index (χ0n) is 13.0. The smallest absolute Gasteiger partial charge is 0.0991 e. The van der Waals surface area contributed by atoms with Crippen LogP contribution in [0.4, 0.5) is 0 Å². The molecule has 3 nitrogen and oxygen atoms in total. The molecular weight excluding hydrogens is 248 g/mol. The Hall–Kier alpha value is -1.37. The SMILES string of the molecule is CC(C)CCC(C)(O)CNC(C)c1ccc(C#N)cc1. The first-order valence-corrected chi connectivity index (χ1v) is 7.30. The summed E-state index contributed by atoms with van der Waals surface area (Å²) in [6.45, 7) is 8.86. The highest BCUT2D eigenvalue weighted by Gasteiger charge is 2.21. The predicted molar refractivity (Wildman–Crippen MR) is 82.3 cm³/mol. The van der Waals surface area contributed by atoms with Crippen LogP contribution in [0.2, 0.25) is 0 Å². The van der Waals surface area contributed by atoms with Crippen molar-refractivity contribution in [2.45, 2.75) is 52.2 Å². The summed E-state index contributed by atoms with van der Waals surface area (Å²) in [6.07, 6.45) is 1.83. The average Bonchev–Trinajstić information content (AvgIpc) is 2.43. The lowest BCUT2D eigenvalue weighted by Gasteiger charge is -2.27. The van der Waals surface area contributed by atoms with E-state index in [0.717, 1.165) is 18.4 Å². The lowest BCUT2D eigenvalue weighted by atomic mass is 9.94. The Balaban J connectivity index is 2.49. The molecule has 2 unspecified atom stereocenters. The van der Waals surface area contributed by atoms with Gasteiger partial charge < -0.3 is 10.4 Å². The van der Waals surface area contributed by atoms with Crippen molar-refractivity contribution >= 4 is 0 Å². The van der Waals surface area contributed by atoms with Crippen molar-refractivity contribution in [3.63, 3.8) is 0 Å². The first kappa shape index (κ1) is 16.7. The molecule has 0 aromatic heterocycles. The van der Waals surface area contributed by atoms with E-state index in [0.29, 0.717) is 18.0 Å². The van der Waals surface area contributed by atoms with E-state index in [2.05, 4.69) is 32.2 Å². The molecule has 0 bridgehead atoms. The second kappa shape index (κ2) is 7.42. The fraction of sp³-hybridized carbons (Fsp3) is 0.588. The van der Waals surface area contributed by atoms with Crippen LogP contribution in [0.1, 0.15) is 57.7 Å². The molecule has 0 saturated carbocycles. The maximum atomic E-state index is 10.3. The van der Waals surface area contributed by atoms with Crippen molar-refractivity contribution in [3.05, 3.63) is 35.4 Å². The van der Waals surface area contributed by atoms with E-state index in [-0.39, 0.29) is 6.04 Å². The summed E-state index contributed by atoms with van der Waals surface area (Å²) in [5.74, 6) is 0.609. The minimum atomic E-state index is -0.675. The van der Waals surface area contributed by atoms with Gasteiger partial charge in [-0.1, -0.05) is 26.0 Å². The number of benzene rings is 1. The molecule has 0 fully saturated rings. The van der Waals surface area contributed by atoms with Crippen molar-refractivity contribution < 1.29 is 5.11 Å². The van der Waals surface area contributed by atoms with E-state index < -0.39 is 5.60 Å². The molecule has 1 rings (SSSR count). The van der Waals surface area contributed by atoms with Gasteiger partial charge in [0.05, 0.1) is 17.2 Å². The topological polar surface area (TPSA) is 56.0 Å². The molecule has 0 amide bonds. The maximum Gasteiger partial charge on any atom is 0.0991 e. The Morgan fingerprint density at radius 3 is 2.35 bits per heavy atom. The molecule has 0 spiro atoms. The average molecular weight is 274 g/mol. The van der Waals surface area contributed by atoms with Gasteiger partial charge in [0, 0.05) is 12.6 Å². The van der Waals surface area contributed by atoms with E-state index in [1.165, 1.54) is 0 Å². The van der Waals surface area contributed by atoms with Crippen LogP contribution in [0.5, 0.6) is 0 Å². The van der Waals surface area contributed by atoms with Crippen molar-refractivity contribution in [1.82, 2.24) is 5.32 Å². The van der Waals surface area contributed by atoms with Gasteiger partial charge in [-0.2, -0.15) is 5.26 Å². The Morgan fingerprint density at radius 2 is 1.85 bits per heavy atom. The van der Waals surface area contributed by atoms with Crippen LogP contribution in [0.15, 0.2) is 24.3 Å². The fourth-order valence-electron chi connectivity index (χ4n) is 2.03. The normalized spacial score (nSPS) is 15.7. The fourth-order valence-corrected chi connectivity index (χ4v) is 2.03. The number of hydrogen-bond acceptors (Lipinski definition) is 3. The minimum absolute atomic E-state index is 0.160. The molecule has 2 atom stereocenters. The Labute approximate surface area is 122 Å². The number of rotatable bonds is 7. The molecule has 0 saturated heterocycles. The number of aliphatic hydroxyl groups is 1. The van der Waals surface area contributed by atoms with Gasteiger partial charge in [0.25, 0.3) is 0 Å². The van der Waals surface area contributed by atoms with Gasteiger partial charge in [0.2, 0.25) is 0 Å². The first-order chi connectivity index (χ1) is 9.34. The summed E-state index contributed by atoms with van der Waals surface area (Å²) >= 11 is 0. The Kier molecular flexibility index (Phi) is 6.19. The lowest BCUT2D eigenvalue weighted by molar-refractivity contribution is 0.0430. The van der Waals surface area contributed by atoms with Gasteiger partial charge >= 0.3 is 0 Å². The van der Waals surface area contributed by atoms with Gasteiger partial charge in [-0.15, -0.1) is 0 Å². The van der Waals surface area contributed by atoms with Crippen LogP contribution in [0, 0.1) is 17.2 Å². The highest BCUT2D eigenvalue weighted by atomic mass is 16.3. The summed E-state index contributed by atoms with van der Waals surface area (Å²) in [6, 6.07) is 9.84. The zero-order valence-corrected chi connectivity index (χ0v) is 13.0. The highest BCUT2D eigenvalue weighted by Crippen LogP contribution is 2.18. The standard InChI is InChI=1S/C17H26N2O/c1-13(2)9-10-17(4,20)12-19-14(3)16-7-5-15(11-18)6-8-16/h5-8,13-14,19-20H,9-10,12H2,1-4H3. The molecule has 0 aliphatic heterocycles. The van der Waals surface area contributed by atoms with E-state index in [1.54, 1.807) is 0 Å². The summed E-state index contributed by atoms with van der Waals surface area (Å²) in [5, 5.41) is 22.5. The summed E-state index contributed by atoms with van der Waals surface area (Å²) in [5.41, 5.74) is 1.12. The van der Waals surface area contributed by atoms with Crippen LogP contribution >= 0.6 is 0 Å². The minimum Gasteiger partial charge on any atom is -0.389 e. The van der Waals surface area contributed by atoms with Crippen LogP contribution < -0.4 is 5.32 Å². The number of nitrogens with zero attached hydrogens (tertiary/aromatic N) is 1. The third-order valence-corrected chi connectivity index (χ3v) is 3.59. The molecule has 1 aromatic carbocycles. The number of nitriles is 1. The summed E-state index contributed by atoms with van der Waals surface area (Å²) < 4.78 is 0. The molecule has 3 heteroatoms. The lowest BCUT2D eigenvalue weighted by Crippen LogP contribution is -2.39. The number of hydrogen-bond donors (Lipinski definition) is 2. The monoisotopic (exact) mass is 274 g/mol. The third-order valence-electron chi connectivity index (χ3n) is 3.59. The second-order valence-electron chi connectivity index (χ2n) is 6.27. The van der Waals surface area contributed by atoms with Gasteiger partial charge in [-0.05, 0) is 50.3 Å². The predicted octanol–water partition coefficient (Wildman–Crippen LogP) is 3.40. The van der Waals surface area contributed by atoms with Crippen molar-refractivity contribution in [3.8, 4) is 6.07 Å². The van der Waals surface area contributed by atoms with Crippen LogP contribution in [0.25, 0.3) is 0 Å². The van der Waals surface area contributed by atoms with Gasteiger partial charge in [-0.25, -0.2) is 0 Å². The summed E-state index contributed by atoms with van der Waals surface area (Å²) in [4.78, 5) is 0. The van der Waals surface area contributed by atoms with Gasteiger partial charge in [-0.3, -0.25) is 0 Å². The van der Waals surface area contributed by atoms with Crippen LogP contribution in [-0.4, -0.2) is 17.3 Å². The van der Waals surface area contributed by atoms with Gasteiger partial charge in [0.1, 0.15) is 0 Å². The van der Waals surface area contributed by atoms with E-state index in [1.807, 2.05) is 31.2 Å². The largest absolute Gasteiger partial charge is 0.389 e. The van der Waals surface area contributed by atoms with Crippen molar-refractivity contribution in [2.24, 2.45) is 5.92 Å². The molecule has 0 aliphatic rings. The molecule has 2 N–H and O–H groups in total. The second-order valence-corrected chi connectivity index (χ2v) is 6.27. The van der Waals surface area contributed by atoms with E-state index in [4.69, 9.17) is 5.26 Å². The van der Waals surface area contributed by atoms with E-state index >= 15 is 0 Å². The maximum absolute atomic E-state index is 10.3. The number of nitrogens with one attached hydrogen (secondary N) is 1. The molecule has 20 heavy (non-hydrogen) atoms. The van der Waals surface area contributed by atoms with Crippen LogP contribution in [-0.2, 0) is 0 Å². The molecule has 110 valence electrons. The Bertz CT molecular complexity index is 443. The third kappa shape index (κ3) is 5.73. The molecular formula is C17H26N2O. The van der Waals surface area contributed by atoms with Crippen molar-refractivity contribution in [2.75, 3.05) is 6.54 Å². The summed E-state index contributed by atoms with van der Waals surface area (Å²) in [7, 11) is 0. The molecule has 0 radical (unpaired) electrons. The molecule has 0 heterocycles. The first-order valence-electron chi connectivity index (χ1n) is 7.30. The van der Waals surface area contributed by atoms with E-state index in [9.17, 15) is 5.11 Å². The molecule has 1 aromatic rings. The van der Waals surface area contributed by atoms with Gasteiger partial charge in [0.15, 0.2) is 0 Å². The zero-order chi connectivity index (χ0) is 15.2. The molecule has 0 aliphatic carbocycles. The Morgan fingerprint density at radius 1 is 1.25 bits per heavy atom. The van der Waals surface area contributed by atoms with Crippen molar-refractivity contribution in [1.29, 1.82) is 5.26 Å². The van der Waals surface area contributed by atoms with Crippen LogP contribution in [0.3, 0.4) is 0 Å². The highest BCUT2D eigenvalue weighted by molar-refractivity contribution is 5.32.